The first-order chi connectivity index (χ1) is 18.2. The zero-order valence-corrected chi connectivity index (χ0v) is 23.3. The van der Waals surface area contributed by atoms with Gasteiger partial charge in [0.2, 0.25) is 10.0 Å². The third-order valence-electron chi connectivity index (χ3n) is 6.36. The van der Waals surface area contributed by atoms with E-state index in [1.54, 1.807) is 63.9 Å². The van der Waals surface area contributed by atoms with Crippen LogP contribution in [0.25, 0.3) is 0 Å². The Hall–Kier alpha value is -3.49. The second kappa shape index (κ2) is 11.7. The van der Waals surface area contributed by atoms with Crippen LogP contribution in [-0.4, -0.2) is 41.5 Å². The van der Waals surface area contributed by atoms with Gasteiger partial charge in [-0.2, -0.15) is 4.31 Å². The number of carbonyl (C=O) groups excluding carboxylic acids is 2. The molecule has 3 rings (SSSR count). The molecule has 0 aliphatic carbocycles. The number of benzene rings is 2. The van der Waals surface area contributed by atoms with E-state index in [9.17, 15) is 18.0 Å². The molecular formula is C28H32F2N2O6S. The van der Waals surface area contributed by atoms with E-state index in [1.165, 1.54) is 11.2 Å². The summed E-state index contributed by atoms with van der Waals surface area (Å²) < 4.78 is 64.1. The molecule has 2 aromatic carbocycles. The highest BCUT2D eigenvalue weighted by Gasteiger charge is 2.41. The normalized spacial score (nSPS) is 19.9. The van der Waals surface area contributed by atoms with Crippen LogP contribution >= 0.6 is 0 Å². The number of nitrogens with zero attached hydrogens (tertiary/aromatic N) is 2. The van der Waals surface area contributed by atoms with E-state index in [2.05, 4.69) is 0 Å². The number of halogens is 2. The van der Waals surface area contributed by atoms with Crippen molar-refractivity contribution in [1.82, 2.24) is 9.37 Å². The molecule has 1 aliphatic heterocycles. The lowest BCUT2D eigenvalue weighted by molar-refractivity contribution is -0.186. The lowest BCUT2D eigenvalue weighted by Crippen LogP contribution is -2.45. The van der Waals surface area contributed by atoms with Crippen molar-refractivity contribution in [2.45, 2.75) is 76.9 Å². The van der Waals surface area contributed by atoms with E-state index in [4.69, 9.17) is 16.0 Å². The number of amides is 1. The summed E-state index contributed by atoms with van der Waals surface area (Å²) in [5.41, 5.74) is -0.867. The fourth-order valence-corrected chi connectivity index (χ4v) is 6.58. The quantitative estimate of drug-likeness (QED) is 0.357. The first-order valence-corrected chi connectivity index (χ1v) is 13.9. The van der Waals surface area contributed by atoms with Crippen LogP contribution in [0.3, 0.4) is 0 Å². The van der Waals surface area contributed by atoms with Crippen LogP contribution in [0, 0.1) is 24.0 Å². The van der Waals surface area contributed by atoms with Gasteiger partial charge in [-0.3, -0.25) is 0 Å². The molecular weight excluding hydrogens is 530 g/mol. The van der Waals surface area contributed by atoms with Crippen molar-refractivity contribution in [2.75, 3.05) is 0 Å². The minimum Gasteiger partial charge on any atom is -0.442 e. The maximum Gasteiger partial charge on any atom is 0.444 e. The second-order valence-corrected chi connectivity index (χ2v) is 12.5. The van der Waals surface area contributed by atoms with Crippen LogP contribution in [0.5, 0.6) is 0 Å². The molecule has 0 radical (unpaired) electrons. The topological polar surface area (TPSA) is 93.2 Å². The van der Waals surface area contributed by atoms with Gasteiger partial charge < -0.3 is 9.57 Å². The number of rotatable bonds is 5. The van der Waals surface area contributed by atoms with Crippen LogP contribution in [0.4, 0.5) is 13.6 Å². The zero-order valence-electron chi connectivity index (χ0n) is 22.5. The van der Waals surface area contributed by atoms with E-state index < -0.39 is 56.7 Å². The minimum absolute atomic E-state index is 0.183. The highest BCUT2D eigenvalue weighted by molar-refractivity contribution is 7.89. The summed E-state index contributed by atoms with van der Waals surface area (Å²) in [6, 6.07) is 8.72. The molecule has 0 saturated carbocycles. The summed E-state index contributed by atoms with van der Waals surface area (Å²) in [7, 11) is -3.88. The zero-order chi connectivity index (χ0) is 29.1. The molecule has 1 amide bonds. The van der Waals surface area contributed by atoms with Crippen molar-refractivity contribution in [1.29, 1.82) is 0 Å². The van der Waals surface area contributed by atoms with Gasteiger partial charge in [-0.25, -0.2) is 26.8 Å². The number of sulfonamides is 1. The molecule has 1 aliphatic rings. The third-order valence-corrected chi connectivity index (χ3v) is 8.73. The molecule has 1 unspecified atom stereocenters. The Morgan fingerprint density at radius 3 is 2.38 bits per heavy atom. The van der Waals surface area contributed by atoms with Crippen molar-refractivity contribution >= 4 is 22.1 Å². The van der Waals surface area contributed by atoms with Crippen molar-refractivity contribution in [3.63, 3.8) is 0 Å². The lowest BCUT2D eigenvalue weighted by Gasteiger charge is -2.37. The van der Waals surface area contributed by atoms with E-state index in [-0.39, 0.29) is 17.7 Å². The third kappa shape index (κ3) is 6.94. The van der Waals surface area contributed by atoms with Crippen LogP contribution < -0.4 is 0 Å². The summed E-state index contributed by atoms with van der Waals surface area (Å²) in [6.45, 7) is 7.36. The predicted molar refractivity (Wildman–Crippen MR) is 140 cm³/mol. The molecule has 11 heteroatoms. The fraction of sp³-hybridized carbons (Fsp3) is 0.429. The van der Waals surface area contributed by atoms with Gasteiger partial charge in [0, 0.05) is 29.6 Å². The van der Waals surface area contributed by atoms with Gasteiger partial charge in [0.1, 0.15) is 22.5 Å². The monoisotopic (exact) mass is 562 g/mol. The van der Waals surface area contributed by atoms with E-state index >= 15 is 8.78 Å². The summed E-state index contributed by atoms with van der Waals surface area (Å²) in [6.07, 6.45) is 4.86. The second-order valence-electron chi connectivity index (χ2n) is 10.4. The minimum atomic E-state index is -3.88. The number of terminal acetylenes is 1. The van der Waals surface area contributed by atoms with Gasteiger partial charge in [-0.1, -0.05) is 30.3 Å². The molecule has 2 aromatic rings. The number of hydrogen-bond donors (Lipinski definition) is 0. The molecule has 0 bridgehead atoms. The van der Waals surface area contributed by atoms with E-state index in [0.29, 0.717) is 23.5 Å². The van der Waals surface area contributed by atoms with Gasteiger partial charge in [0.15, 0.2) is 0 Å². The first-order valence-electron chi connectivity index (χ1n) is 12.4. The van der Waals surface area contributed by atoms with Crippen LogP contribution in [0.15, 0.2) is 42.5 Å². The molecule has 0 spiro atoms. The summed E-state index contributed by atoms with van der Waals surface area (Å²) >= 11 is 0. The van der Waals surface area contributed by atoms with Crippen LogP contribution in [-0.2, 0) is 30.9 Å². The lowest BCUT2D eigenvalue weighted by atomic mass is 10.0. The molecule has 0 aromatic heterocycles. The van der Waals surface area contributed by atoms with Gasteiger partial charge >= 0.3 is 12.1 Å². The molecule has 8 nitrogen and oxygen atoms in total. The smallest absolute Gasteiger partial charge is 0.442 e. The Balaban J connectivity index is 1.92. The standard InChI is InChI=1S/C28H32F2N2O6S/c1-7-26(33)38-32(27(34)37-28(4,5)6)19(3)22-16-23(29)21(15-24(22)30)17-31-18(2)13-14-25(39(31,35)36)20-11-9-8-10-12-20/h1,8-12,15-16,18-19,25H,13-14,17H2,2-6H3/t18-,19?,25+/m0/s1. The number of hydrogen-bond acceptors (Lipinski definition) is 6. The summed E-state index contributed by atoms with van der Waals surface area (Å²) in [5.74, 6) is -1.38. The van der Waals surface area contributed by atoms with E-state index in [0.717, 1.165) is 12.1 Å². The molecule has 0 N–H and O–H groups in total. The Labute approximate surface area is 227 Å². The molecule has 210 valence electrons. The van der Waals surface area contributed by atoms with Crippen molar-refractivity contribution in [2.24, 2.45) is 0 Å². The molecule has 1 fully saturated rings. The molecule has 1 heterocycles. The van der Waals surface area contributed by atoms with Crippen molar-refractivity contribution in [3.05, 3.63) is 70.8 Å². The molecule has 1 saturated heterocycles. The number of carbonyl (C=O) groups is 2. The van der Waals surface area contributed by atoms with Gasteiger partial charge in [-0.05, 0) is 65.2 Å². The molecule has 39 heavy (non-hydrogen) atoms. The van der Waals surface area contributed by atoms with Crippen LogP contribution in [0.2, 0.25) is 0 Å². The van der Waals surface area contributed by atoms with Gasteiger partial charge in [0.05, 0.1) is 6.04 Å². The molecule has 3 atom stereocenters. The Morgan fingerprint density at radius 1 is 1.15 bits per heavy atom. The average molecular weight is 563 g/mol. The van der Waals surface area contributed by atoms with Gasteiger partial charge in [-0.15, -0.1) is 11.5 Å². The average Bonchev–Trinajstić information content (AvgIpc) is 2.85. The maximum atomic E-state index is 15.4. The van der Waals surface area contributed by atoms with Crippen molar-refractivity contribution < 1.29 is 36.4 Å². The Bertz CT molecular complexity index is 1370. The highest BCUT2D eigenvalue weighted by atomic mass is 32.2. The summed E-state index contributed by atoms with van der Waals surface area (Å²) in [5, 5.41) is -0.359. The van der Waals surface area contributed by atoms with Crippen LogP contribution in [0.1, 0.15) is 75.4 Å². The fourth-order valence-electron chi connectivity index (χ4n) is 4.39. The van der Waals surface area contributed by atoms with Crippen molar-refractivity contribution in [3.8, 4) is 12.3 Å². The number of ether oxygens (including phenoxy) is 1. The number of hydroxylamine groups is 2. The predicted octanol–water partition coefficient (Wildman–Crippen LogP) is 5.41. The largest absolute Gasteiger partial charge is 0.444 e. The Kier molecular flexibility index (Phi) is 9.03. The maximum absolute atomic E-state index is 15.4. The Morgan fingerprint density at radius 2 is 1.79 bits per heavy atom. The van der Waals surface area contributed by atoms with Gasteiger partial charge in [0.25, 0.3) is 0 Å². The first kappa shape index (κ1) is 30.1. The van der Waals surface area contributed by atoms with E-state index in [1.807, 2.05) is 0 Å². The summed E-state index contributed by atoms with van der Waals surface area (Å²) in [4.78, 5) is 29.3. The highest BCUT2D eigenvalue weighted by Crippen LogP contribution is 2.38. The SMILES string of the molecule is C#CC(=O)ON(C(=O)OC(C)(C)C)C(C)c1cc(F)c(CN2[C@@H](C)CC[C@H](c3ccccc3)S2(=O)=O)cc1F.